The van der Waals surface area contributed by atoms with Crippen molar-refractivity contribution in [3.63, 3.8) is 0 Å². The fraction of sp³-hybridized carbons (Fsp3) is 0.312. The van der Waals surface area contributed by atoms with Gasteiger partial charge in [-0.25, -0.2) is 0 Å². The molecule has 34 heteroatoms. The number of primary amides is 3. The first-order chi connectivity index (χ1) is 35.9. The summed E-state index contributed by atoms with van der Waals surface area (Å²) >= 11 is 0. The molecule has 16 N–H and O–H groups in total. The molecule has 3 atom stereocenters. The Morgan fingerprint density at radius 3 is 0.659 bits per heavy atom. The van der Waals surface area contributed by atoms with Gasteiger partial charge in [-0.05, 0) is 76.4 Å². The van der Waals surface area contributed by atoms with Gasteiger partial charge in [0.2, 0.25) is 17.7 Å². The number of esters is 3. The van der Waals surface area contributed by atoms with E-state index < -0.39 is 89.6 Å². The number of carboxylic acid groups (broad SMARTS) is 6. The third kappa shape index (κ3) is 37.9. The Balaban J connectivity index is -0.000000165. The van der Waals surface area contributed by atoms with E-state index in [-0.39, 0.29) is 152 Å². The van der Waals surface area contributed by atoms with Crippen molar-refractivity contribution in [1.29, 1.82) is 0 Å². The molecular weight excluding hydrogens is 1130 g/mol. The number of carbonyl (C=O) groups is 15. The van der Waals surface area contributed by atoms with Crippen LogP contribution in [0.5, 0.6) is 17.2 Å². The molecule has 0 saturated heterocycles. The zero-order valence-corrected chi connectivity index (χ0v) is 46.9. The van der Waals surface area contributed by atoms with Gasteiger partial charge < -0.3 is 119 Å². The van der Waals surface area contributed by atoms with Gasteiger partial charge in [-0.1, -0.05) is 18.2 Å². The second kappa shape index (κ2) is 45.0. The molecule has 82 heavy (non-hydrogen) atoms. The summed E-state index contributed by atoms with van der Waals surface area (Å²) in [6, 6.07) is 8.65. The molecule has 0 saturated carbocycles. The van der Waals surface area contributed by atoms with Crippen LogP contribution < -0.4 is 79.3 Å². The van der Waals surface area contributed by atoms with Gasteiger partial charge in [0, 0.05) is 74.8 Å². The van der Waals surface area contributed by atoms with E-state index in [4.69, 9.17) is 48.6 Å². The van der Waals surface area contributed by atoms with Crippen LogP contribution in [0, 0.1) is 0 Å². The maximum absolute atomic E-state index is 11.2. The second-order valence-corrected chi connectivity index (χ2v) is 15.2. The van der Waals surface area contributed by atoms with E-state index in [2.05, 4.69) is 0 Å². The molecule has 0 bridgehead atoms. The third-order valence-corrected chi connectivity index (χ3v) is 8.59. The number of amides is 3. The second-order valence-electron chi connectivity index (χ2n) is 15.2. The quantitative estimate of drug-likeness (QED) is 0.0250. The molecule has 32 nitrogen and oxygen atoms in total. The van der Waals surface area contributed by atoms with Crippen LogP contribution in [0.15, 0.2) is 54.6 Å². The Morgan fingerprint density at radius 2 is 0.537 bits per heavy atom. The maximum Gasteiger partial charge on any atom is 3.00 e. The van der Waals surface area contributed by atoms with Crippen molar-refractivity contribution in [2.75, 3.05) is 0 Å². The van der Waals surface area contributed by atoms with Gasteiger partial charge in [0.05, 0.1) is 52.5 Å². The van der Waals surface area contributed by atoms with Gasteiger partial charge in [0.15, 0.2) is 34.6 Å². The SMILES string of the molecule is CC(=O)Oc1c(C(C)=O)cccc1C(=O)[O-].CC(=O)Oc1c(C(C)=O)cccc1C(=O)[O-].CC(=O)Oc1c(C(C)=O)cccc1C(=O)[O-].NC(=O)CC[C@H](N)C(=O)[O-].NC(=O)CC[C@H](N)C(=O)[O-].NC(=O)CC[C@H](N)C(=O)[O-].O.O.[Al+3].[Al+3]. The van der Waals surface area contributed by atoms with E-state index >= 15 is 0 Å². The van der Waals surface area contributed by atoms with Gasteiger partial charge in [-0.15, -0.1) is 0 Å². The normalized spacial score (nSPS) is 10.2. The molecule has 3 aromatic carbocycles. The minimum absolute atomic E-state index is 0. The Morgan fingerprint density at radius 1 is 0.366 bits per heavy atom. The van der Waals surface area contributed by atoms with E-state index in [1.165, 1.54) is 75.4 Å². The smallest absolute Gasteiger partial charge is 0.548 e. The van der Waals surface area contributed by atoms with Crippen LogP contribution in [0.1, 0.15) is 142 Å². The molecule has 0 aromatic heterocycles. The molecule has 3 amide bonds. The van der Waals surface area contributed by atoms with Crippen LogP contribution >= 0.6 is 0 Å². The van der Waals surface area contributed by atoms with Gasteiger partial charge in [0.1, 0.15) is 0 Å². The Bertz CT molecular complexity index is 2350. The zero-order valence-electron chi connectivity index (χ0n) is 44.6. The van der Waals surface area contributed by atoms with Crippen LogP contribution in [0.3, 0.4) is 0 Å². The Hall–Kier alpha value is -8.83. The number of hydrogen-bond acceptors (Lipinski definition) is 27. The van der Waals surface area contributed by atoms with E-state index in [1.807, 2.05) is 0 Å². The third-order valence-electron chi connectivity index (χ3n) is 8.59. The summed E-state index contributed by atoms with van der Waals surface area (Å²) in [6.45, 7) is 7.12. The first-order valence-electron chi connectivity index (χ1n) is 21.8. The van der Waals surface area contributed by atoms with Crippen LogP contribution in [-0.2, 0) is 43.2 Å². The molecule has 0 aliphatic rings. The molecule has 0 spiro atoms. The number of hydrogen-bond donors (Lipinski definition) is 6. The summed E-state index contributed by atoms with van der Waals surface area (Å²) in [7, 11) is 0. The van der Waals surface area contributed by atoms with E-state index in [1.54, 1.807) is 0 Å². The van der Waals surface area contributed by atoms with Gasteiger partial charge in [-0.3, -0.25) is 43.2 Å². The fourth-order valence-electron chi connectivity index (χ4n) is 4.93. The molecule has 0 fully saturated rings. The number of nitrogens with two attached hydrogens (primary N) is 6. The van der Waals surface area contributed by atoms with Gasteiger partial charge in [0.25, 0.3) is 0 Å². The first kappa shape index (κ1) is 87.0. The van der Waals surface area contributed by atoms with Crippen molar-refractivity contribution in [3.05, 3.63) is 88.0 Å². The standard InChI is InChI=1S/3C11H10O5.3C5H10N2O3.2Al.2H2O/c3*1-6(12)8-4-3-5-9(11(14)15)10(8)16-7(2)13;3*6-3(5(9)10)1-2-4(7)8;;;;/h3*3-5H,1-2H3,(H,14,15);3*3H,1-2,6H2,(H2,7,8)(H,9,10);;;2*1H2/q;;;;;;2*+3;;/p-6/t;;;3*3-;;;;/m...000..../s1. The number of ether oxygens (including phenoxy) is 3. The summed E-state index contributed by atoms with van der Waals surface area (Å²) in [5, 5.41) is 62.1. The van der Waals surface area contributed by atoms with E-state index in [0.717, 1.165) is 20.8 Å². The van der Waals surface area contributed by atoms with Gasteiger partial charge >= 0.3 is 52.6 Å². The van der Waals surface area contributed by atoms with Crippen molar-refractivity contribution in [1.82, 2.24) is 0 Å². The molecular formula is C48H58Al2N6O26. The van der Waals surface area contributed by atoms with Crippen LogP contribution in [0.4, 0.5) is 0 Å². The Labute approximate surface area is 487 Å². The predicted molar refractivity (Wildman–Crippen MR) is 269 cm³/mol. The number of aliphatic carboxylic acids is 3. The topological polar surface area (TPSA) is 641 Å². The van der Waals surface area contributed by atoms with Gasteiger partial charge in [-0.2, -0.15) is 0 Å². The molecule has 0 aliphatic heterocycles. The minimum Gasteiger partial charge on any atom is -0.548 e. The van der Waals surface area contributed by atoms with Crippen LogP contribution in [-0.4, -0.2) is 153 Å². The molecule has 442 valence electrons. The molecule has 0 aliphatic carbocycles. The van der Waals surface area contributed by atoms with Crippen molar-refractivity contribution >= 4 is 124 Å². The van der Waals surface area contributed by atoms with Crippen molar-refractivity contribution < 1.29 is 128 Å². The maximum atomic E-state index is 11.2. The summed E-state index contributed by atoms with van der Waals surface area (Å²) in [5.41, 5.74) is 28.4. The van der Waals surface area contributed by atoms with Crippen LogP contribution in [0.2, 0.25) is 0 Å². The largest absolute Gasteiger partial charge is 3.00 e. The molecule has 3 aromatic rings. The Kier molecular flexibility index (Phi) is 47.7. The molecule has 0 unspecified atom stereocenters. The average molecular weight is 1190 g/mol. The molecule has 0 radical (unpaired) electrons. The predicted octanol–water partition coefficient (Wildman–Crippen LogP) is -9.89. The number of Topliss-reactive ketones (excluding diaryl/α,β-unsaturated/α-hetero) is 3. The zero-order chi connectivity index (χ0) is 61.3. The molecule has 3 rings (SSSR count). The summed E-state index contributed by atoms with van der Waals surface area (Å²) in [5.74, 6) is -14.3. The monoisotopic (exact) mass is 1190 g/mol. The van der Waals surface area contributed by atoms with E-state index in [9.17, 15) is 103 Å². The van der Waals surface area contributed by atoms with Crippen molar-refractivity contribution in [3.8, 4) is 17.2 Å². The number of rotatable bonds is 21. The number of para-hydroxylation sites is 3. The summed E-state index contributed by atoms with van der Waals surface area (Å²) in [4.78, 5) is 158. The van der Waals surface area contributed by atoms with Crippen LogP contribution in [0.25, 0.3) is 0 Å². The summed E-state index contributed by atoms with van der Waals surface area (Å²) in [6.07, 6.45) is 0.0619. The van der Waals surface area contributed by atoms with E-state index in [0.29, 0.717) is 0 Å². The first-order valence-corrected chi connectivity index (χ1v) is 21.8. The number of ketones is 3. The minimum atomic E-state index is -1.50. The average Bonchev–Trinajstić information content (AvgIpc) is 3.31. The fourth-order valence-corrected chi connectivity index (χ4v) is 4.93. The number of carbonyl (C=O) groups excluding carboxylic acids is 15. The summed E-state index contributed by atoms with van der Waals surface area (Å²) < 4.78 is 14.2. The number of carboxylic acids is 6. The number of benzene rings is 3. The van der Waals surface area contributed by atoms with Crippen molar-refractivity contribution in [2.24, 2.45) is 34.4 Å². The molecule has 0 heterocycles. The number of aromatic carboxylic acids is 3. The van der Waals surface area contributed by atoms with Crippen molar-refractivity contribution in [2.45, 2.75) is 98.2 Å².